The van der Waals surface area contributed by atoms with E-state index in [2.05, 4.69) is 21.9 Å². The lowest BCUT2D eigenvalue weighted by Gasteiger charge is -2.07. The van der Waals surface area contributed by atoms with Crippen LogP contribution in [0.3, 0.4) is 0 Å². The van der Waals surface area contributed by atoms with Gasteiger partial charge in [-0.2, -0.15) is 0 Å². The highest BCUT2D eigenvalue weighted by Gasteiger charge is 2.12. The summed E-state index contributed by atoms with van der Waals surface area (Å²) in [4.78, 5) is 19.1. The number of aromatic nitrogens is 2. The monoisotopic (exact) mass is 237 g/mol. The van der Waals surface area contributed by atoms with Crippen molar-refractivity contribution < 1.29 is 4.79 Å². The molecule has 16 heavy (non-hydrogen) atoms. The van der Waals surface area contributed by atoms with Gasteiger partial charge in [0.1, 0.15) is 10.7 Å². The fraction of sp³-hybridized carbons (Fsp3) is 0.111. The Morgan fingerprint density at radius 1 is 1.62 bits per heavy atom. The van der Waals surface area contributed by atoms with Gasteiger partial charge in [0, 0.05) is 6.54 Å². The number of thiocarbonyl (C=S) groups is 1. The molecule has 0 aliphatic rings. The summed E-state index contributed by atoms with van der Waals surface area (Å²) in [6, 6.07) is 0. The number of primary amides is 1. The quantitative estimate of drug-likeness (QED) is 0.484. The van der Waals surface area contributed by atoms with Gasteiger partial charge in [-0.3, -0.25) is 4.79 Å². The molecule has 1 rings (SSSR count). The fourth-order valence-electron chi connectivity index (χ4n) is 0.980. The Balaban J connectivity index is 3.15. The van der Waals surface area contributed by atoms with Gasteiger partial charge < -0.3 is 16.8 Å². The third kappa shape index (κ3) is 2.74. The molecule has 7 heteroatoms. The summed E-state index contributed by atoms with van der Waals surface area (Å²) in [5.74, 6) is -0.425. The normalized spacial score (nSPS) is 9.50. The minimum absolute atomic E-state index is 0.0434. The van der Waals surface area contributed by atoms with E-state index in [1.807, 2.05) is 0 Å². The first kappa shape index (κ1) is 12.1. The van der Waals surface area contributed by atoms with Gasteiger partial charge in [0.15, 0.2) is 11.5 Å². The predicted molar refractivity (Wildman–Crippen MR) is 65.1 cm³/mol. The summed E-state index contributed by atoms with van der Waals surface area (Å²) in [5.41, 5.74) is 10.9. The lowest BCUT2D eigenvalue weighted by Crippen LogP contribution is -2.20. The molecule has 0 aliphatic heterocycles. The Labute approximate surface area is 97.8 Å². The minimum Gasteiger partial charge on any atom is -0.388 e. The molecule has 1 aromatic heterocycles. The van der Waals surface area contributed by atoms with Gasteiger partial charge in [0.05, 0.1) is 6.20 Å². The first-order valence-electron chi connectivity index (χ1n) is 4.37. The summed E-state index contributed by atoms with van der Waals surface area (Å²) in [6.45, 7) is 3.96. The third-order valence-corrected chi connectivity index (χ3v) is 1.88. The highest BCUT2D eigenvalue weighted by atomic mass is 32.1. The van der Waals surface area contributed by atoms with Crippen molar-refractivity contribution in [3.8, 4) is 0 Å². The number of nitrogens with two attached hydrogens (primary N) is 2. The first-order chi connectivity index (χ1) is 7.56. The maximum absolute atomic E-state index is 11.1. The number of carbonyl (C=O) groups is 1. The van der Waals surface area contributed by atoms with E-state index in [1.54, 1.807) is 6.08 Å². The second-order valence-corrected chi connectivity index (χ2v) is 3.29. The van der Waals surface area contributed by atoms with Gasteiger partial charge in [0.25, 0.3) is 5.91 Å². The molecule has 5 N–H and O–H groups in total. The fourth-order valence-corrected chi connectivity index (χ4v) is 1.08. The van der Waals surface area contributed by atoms with Crippen LogP contribution in [0, 0.1) is 0 Å². The van der Waals surface area contributed by atoms with Gasteiger partial charge in [-0.05, 0) is 0 Å². The average Bonchev–Trinajstić information content (AvgIpc) is 2.25. The van der Waals surface area contributed by atoms with Crippen molar-refractivity contribution in [3.05, 3.63) is 30.2 Å². The minimum atomic E-state index is -0.673. The zero-order chi connectivity index (χ0) is 12.1. The van der Waals surface area contributed by atoms with Gasteiger partial charge in [-0.1, -0.05) is 18.3 Å². The SMILES string of the molecule is C=CCNc1nc(C(N)=S)cnc1C(N)=O. The summed E-state index contributed by atoms with van der Waals surface area (Å²) in [5, 5.41) is 2.83. The Kier molecular flexibility index (Phi) is 3.90. The van der Waals surface area contributed by atoms with Gasteiger partial charge in [0.2, 0.25) is 0 Å². The highest BCUT2D eigenvalue weighted by Crippen LogP contribution is 2.09. The molecule has 1 amide bonds. The molecule has 0 aromatic carbocycles. The van der Waals surface area contributed by atoms with Crippen LogP contribution < -0.4 is 16.8 Å². The van der Waals surface area contributed by atoms with Gasteiger partial charge in [-0.25, -0.2) is 9.97 Å². The Morgan fingerprint density at radius 3 is 2.81 bits per heavy atom. The predicted octanol–water partition coefficient (Wildman–Crippen LogP) is -0.192. The molecular weight excluding hydrogens is 226 g/mol. The molecule has 1 heterocycles. The molecule has 0 unspecified atom stereocenters. The number of nitrogens with zero attached hydrogens (tertiary/aromatic N) is 2. The second-order valence-electron chi connectivity index (χ2n) is 2.85. The van der Waals surface area contributed by atoms with E-state index >= 15 is 0 Å². The van der Waals surface area contributed by atoms with Crippen LogP contribution >= 0.6 is 12.2 Å². The average molecular weight is 237 g/mol. The van der Waals surface area contributed by atoms with E-state index in [-0.39, 0.29) is 16.5 Å². The summed E-state index contributed by atoms with van der Waals surface area (Å²) >= 11 is 4.75. The van der Waals surface area contributed by atoms with E-state index in [0.29, 0.717) is 12.2 Å². The lowest BCUT2D eigenvalue weighted by molar-refractivity contribution is 0.0996. The highest BCUT2D eigenvalue weighted by molar-refractivity contribution is 7.80. The summed E-state index contributed by atoms with van der Waals surface area (Å²) in [6.07, 6.45) is 2.92. The number of anilines is 1. The van der Waals surface area contributed by atoms with E-state index in [0.717, 1.165) is 0 Å². The van der Waals surface area contributed by atoms with E-state index < -0.39 is 5.91 Å². The van der Waals surface area contributed by atoms with Gasteiger partial charge >= 0.3 is 0 Å². The molecule has 0 fully saturated rings. The number of amides is 1. The van der Waals surface area contributed by atoms with E-state index in [4.69, 9.17) is 23.7 Å². The molecule has 0 atom stereocenters. The molecule has 0 saturated heterocycles. The molecule has 6 nitrogen and oxygen atoms in total. The number of nitrogens with one attached hydrogen (secondary N) is 1. The zero-order valence-electron chi connectivity index (χ0n) is 8.43. The lowest BCUT2D eigenvalue weighted by atomic mass is 10.3. The number of carbonyl (C=O) groups excluding carboxylic acids is 1. The van der Waals surface area contributed by atoms with Crippen molar-refractivity contribution in [2.75, 3.05) is 11.9 Å². The van der Waals surface area contributed by atoms with Gasteiger partial charge in [-0.15, -0.1) is 6.58 Å². The smallest absolute Gasteiger partial charge is 0.271 e. The molecule has 84 valence electrons. The van der Waals surface area contributed by atoms with Crippen LogP contribution in [0.2, 0.25) is 0 Å². The third-order valence-electron chi connectivity index (χ3n) is 1.67. The standard InChI is InChI=1S/C9H11N5OS/c1-2-3-12-9-6(7(10)15)13-4-5(14-9)8(11)16/h2,4H,1,3H2,(H2,10,15)(H2,11,16)(H,12,14). The molecule has 1 aromatic rings. The molecule has 0 saturated carbocycles. The Hall–Kier alpha value is -2.02. The van der Waals surface area contributed by atoms with Crippen molar-refractivity contribution in [2.45, 2.75) is 0 Å². The maximum atomic E-state index is 11.1. The number of hydrogen-bond acceptors (Lipinski definition) is 5. The molecular formula is C9H11N5OS. The van der Waals surface area contributed by atoms with Crippen LogP contribution in [0.25, 0.3) is 0 Å². The van der Waals surface area contributed by atoms with Crippen molar-refractivity contribution in [1.82, 2.24) is 9.97 Å². The second kappa shape index (κ2) is 5.17. The van der Waals surface area contributed by atoms with Crippen molar-refractivity contribution >= 4 is 28.9 Å². The molecule has 0 radical (unpaired) electrons. The Morgan fingerprint density at radius 2 is 2.31 bits per heavy atom. The summed E-state index contributed by atoms with van der Waals surface area (Å²) < 4.78 is 0. The van der Waals surface area contributed by atoms with E-state index in [9.17, 15) is 4.79 Å². The number of rotatable bonds is 5. The molecule has 0 aliphatic carbocycles. The van der Waals surface area contributed by atoms with Crippen LogP contribution in [0.15, 0.2) is 18.9 Å². The topological polar surface area (TPSA) is 107 Å². The number of hydrogen-bond donors (Lipinski definition) is 3. The van der Waals surface area contributed by atoms with Crippen LogP contribution in [0.1, 0.15) is 16.2 Å². The maximum Gasteiger partial charge on any atom is 0.271 e. The van der Waals surface area contributed by atoms with Crippen LogP contribution in [0.5, 0.6) is 0 Å². The van der Waals surface area contributed by atoms with Crippen molar-refractivity contribution in [1.29, 1.82) is 0 Å². The molecule has 0 spiro atoms. The van der Waals surface area contributed by atoms with Crippen LogP contribution in [0.4, 0.5) is 5.82 Å². The zero-order valence-corrected chi connectivity index (χ0v) is 9.25. The molecule has 0 bridgehead atoms. The van der Waals surface area contributed by atoms with Crippen molar-refractivity contribution in [3.63, 3.8) is 0 Å². The van der Waals surface area contributed by atoms with Crippen molar-refractivity contribution in [2.24, 2.45) is 11.5 Å². The Bertz CT molecular complexity index is 446. The summed E-state index contributed by atoms with van der Waals surface area (Å²) in [7, 11) is 0. The van der Waals surface area contributed by atoms with E-state index in [1.165, 1.54) is 6.20 Å². The van der Waals surface area contributed by atoms with Crippen LogP contribution in [-0.4, -0.2) is 27.4 Å². The first-order valence-corrected chi connectivity index (χ1v) is 4.78. The largest absolute Gasteiger partial charge is 0.388 e. The van der Waals surface area contributed by atoms with Crippen LogP contribution in [-0.2, 0) is 0 Å².